The maximum Gasteiger partial charge on any atom is 0.136 e. The van der Waals surface area contributed by atoms with E-state index in [4.69, 9.17) is 51.9 Å². The standard InChI is InChI=1S/C46H29NO2.C42H31NO.C42H29NO/c1-2-13-34(14-3-1)47(41-18-10-12-30-11-4-5-15-36(30)41)35-24-21-31(22-25-35)40-27-33(29-45-46(40)39-17-7-9-20-43(39)49-45)32-23-26-38-37-16-6-8-19-42(37)48-44(38)28-32;1-28-12-19-35(20-13-28)43(37-23-18-33-26-32(14-15-34(33)27-37)30-8-4-3-5-9-30)36-21-16-31(17-22-36)39-24-29(2)25-41-42(39)38-10-6-7-11-40(38)44-41;1-4-12-30(13-5-1)32-20-24-36(25-21-32)43(35-16-8-3-9-17-35)37-26-22-33(23-27-37)39-28-34(31-14-6-2-7-15-31)29-41-42(39)38-18-10-11-19-40(38)44-41/h1-29H;3-27H,1-2H3;1-29H/i1D,2D,3D,13D,14D;3D,4D,5D,8D,9D;1D,2D,3D,4D,5D,6D,7D,8D,9D,12D,13D,14D,15D,16D,17D. The van der Waals surface area contributed by atoms with Crippen molar-refractivity contribution in [2.45, 2.75) is 13.8 Å². The molecule has 0 saturated carbocycles. The van der Waals surface area contributed by atoms with E-state index < -0.39 is 90.6 Å². The van der Waals surface area contributed by atoms with Crippen LogP contribution in [0, 0.1) is 13.8 Å². The molecule has 4 aromatic heterocycles. The number of benzene rings is 22. The van der Waals surface area contributed by atoms with Crippen molar-refractivity contribution >= 4 is 160 Å². The molecule has 0 N–H and O–H groups in total. The third-order valence-corrected chi connectivity index (χ3v) is 24.9. The molecule has 7 nitrogen and oxygen atoms in total. The number of rotatable bonds is 16. The molecule has 0 spiro atoms. The van der Waals surface area contributed by atoms with Crippen molar-refractivity contribution in [2.24, 2.45) is 0 Å². The largest absolute Gasteiger partial charge is 0.456 e. The molecule has 22 aromatic carbocycles. The quantitative estimate of drug-likeness (QED) is 0.0955. The van der Waals surface area contributed by atoms with Crippen LogP contribution in [0.3, 0.4) is 0 Å². The maximum atomic E-state index is 8.95. The van der Waals surface area contributed by atoms with Gasteiger partial charge in [-0.1, -0.05) is 333 Å². The fraction of sp³-hybridized carbons (Fsp3) is 0.0154. The lowest BCUT2D eigenvalue weighted by Crippen LogP contribution is -2.10. The van der Waals surface area contributed by atoms with E-state index in [0.29, 0.717) is 67.1 Å². The van der Waals surface area contributed by atoms with Crippen molar-refractivity contribution in [3.05, 3.63) is 514 Å². The molecule has 0 aliphatic rings. The van der Waals surface area contributed by atoms with Crippen LogP contribution in [0.4, 0.5) is 51.2 Å². The Kier molecular flexibility index (Phi) is 15.4. The van der Waals surface area contributed by atoms with Crippen molar-refractivity contribution < 1.29 is 51.9 Å². The van der Waals surface area contributed by atoms with Gasteiger partial charge in [0.25, 0.3) is 0 Å². The second-order valence-corrected chi connectivity index (χ2v) is 33.3. The van der Waals surface area contributed by atoms with Gasteiger partial charge in [-0.05, 0) is 289 Å². The zero-order chi connectivity index (χ0) is 113. The summed E-state index contributed by atoms with van der Waals surface area (Å²) in [4.78, 5) is 5.47. The highest BCUT2D eigenvalue weighted by Gasteiger charge is 2.24. The maximum absolute atomic E-state index is 8.95. The van der Waals surface area contributed by atoms with Crippen LogP contribution in [0.5, 0.6) is 0 Å². The lowest BCUT2D eigenvalue weighted by molar-refractivity contribution is 0.668. The average Bonchev–Trinajstić information content (AvgIpc) is 1.61. The number of para-hydroxylation sites is 6. The van der Waals surface area contributed by atoms with Gasteiger partial charge in [-0.25, -0.2) is 0 Å². The second kappa shape index (κ2) is 35.6. The molecule has 137 heavy (non-hydrogen) atoms. The van der Waals surface area contributed by atoms with Crippen LogP contribution in [0.25, 0.3) is 187 Å². The molecule has 26 rings (SSSR count). The van der Waals surface area contributed by atoms with E-state index in [1.54, 1.807) is 59.5 Å². The lowest BCUT2D eigenvalue weighted by atomic mass is 9.94. The molecule has 0 radical (unpaired) electrons. The Bertz CT molecular complexity index is 10500. The van der Waals surface area contributed by atoms with E-state index in [1.165, 1.54) is 22.6 Å². The zero-order valence-electron chi connectivity index (χ0n) is 98.5. The van der Waals surface area contributed by atoms with Gasteiger partial charge in [0, 0.05) is 94.0 Å². The van der Waals surface area contributed by atoms with Crippen LogP contribution in [0.2, 0.25) is 0 Å². The number of furan rings is 4. The highest BCUT2D eigenvalue weighted by molar-refractivity contribution is 6.17. The first-order valence-electron chi connectivity index (χ1n) is 57.1. The van der Waals surface area contributed by atoms with Gasteiger partial charge < -0.3 is 32.4 Å². The molecule has 7 heteroatoms. The normalized spacial score (nSPS) is 14.0. The fourth-order valence-electron chi connectivity index (χ4n) is 18.5. The first kappa shape index (κ1) is 59.4. The summed E-state index contributed by atoms with van der Waals surface area (Å²) < 4.78 is 235. The SMILES string of the molecule is [2H]c1c([2H])c([2H])c(-c2ccc(N(c3ccc(-c4cc(-c5c([2H])c([2H])c([2H])c([2H])c5[2H])cc5oc6ccccc6c45)cc3)c3c([2H])c([2H])c([2H])c([2H])c3[2H])cc2)c([2H])c1[2H].[2H]c1c([2H])c([2H])c(-c2ccc3cc(N(c4ccc(C)cc4)c4ccc(-c5cc(C)cc6oc7ccccc7c56)cc4)ccc3c2)c([2H])c1[2H].[2H]c1c([2H])c([2H])c(N(c2ccc(-c3cc(-c4ccc5c(c4)oc4ccccc45)cc4oc5ccccc5c34)cc2)c2cccc3ccccc23)c([2H])c1[2H]. The third-order valence-electron chi connectivity index (χ3n) is 24.9. The minimum absolute atomic E-state index is 0.00403. The molecule has 0 saturated heterocycles. The first-order valence-corrected chi connectivity index (χ1v) is 44.6. The van der Waals surface area contributed by atoms with Gasteiger partial charge in [0.2, 0.25) is 0 Å². The monoisotopic (exact) mass is 1780 g/mol. The summed E-state index contributed by atoms with van der Waals surface area (Å²) in [6.07, 6.45) is 0. The van der Waals surface area contributed by atoms with Crippen LogP contribution < -0.4 is 14.7 Å². The summed E-state index contributed by atoms with van der Waals surface area (Å²) in [5.41, 5.74) is 21.9. The van der Waals surface area contributed by atoms with Crippen LogP contribution in [0.15, 0.2) is 521 Å². The van der Waals surface area contributed by atoms with Crippen molar-refractivity contribution in [1.29, 1.82) is 0 Å². The van der Waals surface area contributed by atoms with Gasteiger partial charge in [0.05, 0.1) is 40.0 Å². The Hall–Kier alpha value is -18.0. The Labute approximate surface area is 828 Å². The molecule has 0 aliphatic heterocycles. The van der Waals surface area contributed by atoms with Gasteiger partial charge in [-0.2, -0.15) is 0 Å². The first-order chi connectivity index (χ1) is 78.0. The summed E-state index contributed by atoms with van der Waals surface area (Å²) in [7, 11) is 0. The van der Waals surface area contributed by atoms with E-state index >= 15 is 0 Å². The molecule has 26 aromatic rings. The molecular formula is C130H89N3O4. The van der Waals surface area contributed by atoms with E-state index in [1.807, 2.05) is 164 Å². The number of hydrogen-bond acceptors (Lipinski definition) is 7. The van der Waals surface area contributed by atoms with Crippen molar-refractivity contribution in [3.63, 3.8) is 0 Å². The predicted molar refractivity (Wildman–Crippen MR) is 575 cm³/mol. The molecule has 0 bridgehead atoms. The predicted octanol–water partition coefficient (Wildman–Crippen LogP) is 37.7. The van der Waals surface area contributed by atoms with Crippen LogP contribution in [-0.2, 0) is 0 Å². The summed E-state index contributed by atoms with van der Waals surface area (Å²) in [5.74, 6) is 0. The number of nitrogens with zero attached hydrogens (tertiary/aromatic N) is 3. The van der Waals surface area contributed by atoms with E-state index in [9.17, 15) is 0 Å². The molecule has 4 heterocycles. The van der Waals surface area contributed by atoms with Crippen LogP contribution in [-0.4, -0.2) is 0 Å². The van der Waals surface area contributed by atoms with Crippen molar-refractivity contribution in [1.82, 2.24) is 0 Å². The third kappa shape index (κ3) is 15.9. The molecule has 0 fully saturated rings. The number of aryl methyl sites for hydroxylation is 2. The topological polar surface area (TPSA) is 62.3 Å². The lowest BCUT2D eigenvalue weighted by Gasteiger charge is -2.27. The fourth-order valence-corrected chi connectivity index (χ4v) is 18.5. The zero-order valence-corrected chi connectivity index (χ0v) is 73.5. The minimum Gasteiger partial charge on any atom is -0.456 e. The highest BCUT2D eigenvalue weighted by atomic mass is 16.3. The van der Waals surface area contributed by atoms with E-state index in [0.717, 1.165) is 149 Å². The summed E-state index contributed by atoms with van der Waals surface area (Å²) in [6, 6.07) is 103. The number of hydrogen-bond donors (Lipinski definition) is 0. The van der Waals surface area contributed by atoms with E-state index in [-0.39, 0.29) is 88.5 Å². The van der Waals surface area contributed by atoms with Gasteiger partial charge in [0.15, 0.2) is 0 Å². The van der Waals surface area contributed by atoms with Crippen molar-refractivity contribution in [3.8, 4) is 77.9 Å². The molecule has 0 atom stereocenters. The Morgan fingerprint density at radius 1 is 0.175 bits per heavy atom. The van der Waals surface area contributed by atoms with Gasteiger partial charge in [-0.3, -0.25) is 0 Å². The van der Waals surface area contributed by atoms with Crippen molar-refractivity contribution in [2.75, 3.05) is 14.7 Å². The average molecular weight is 1780 g/mol. The molecule has 0 aliphatic carbocycles. The summed E-state index contributed by atoms with van der Waals surface area (Å²) >= 11 is 0. The molecule has 0 unspecified atom stereocenters. The van der Waals surface area contributed by atoms with Gasteiger partial charge in [-0.15, -0.1) is 0 Å². The summed E-state index contributed by atoms with van der Waals surface area (Å²) in [6.45, 7) is 4.17. The Balaban J connectivity index is 0.000000127. The number of anilines is 9. The summed E-state index contributed by atoms with van der Waals surface area (Å²) in [5, 5.41) is 11.5. The van der Waals surface area contributed by atoms with Gasteiger partial charge in [0.1, 0.15) is 44.7 Å². The highest BCUT2D eigenvalue weighted by Crippen LogP contribution is 2.49. The van der Waals surface area contributed by atoms with Crippen LogP contribution >= 0.6 is 0 Å². The molecule has 648 valence electrons. The van der Waals surface area contributed by atoms with Gasteiger partial charge >= 0.3 is 0 Å². The van der Waals surface area contributed by atoms with Crippen LogP contribution in [0.1, 0.15) is 45.4 Å². The molecule has 0 amide bonds. The Morgan fingerprint density at radius 2 is 0.504 bits per heavy atom. The second-order valence-electron chi connectivity index (χ2n) is 33.3. The number of fused-ring (bicyclic) bond motifs is 14. The minimum atomic E-state index is -0.578. The smallest absolute Gasteiger partial charge is 0.136 e. The molecular weight excluding hydrogens is 1670 g/mol. The Morgan fingerprint density at radius 3 is 1.02 bits per heavy atom. The van der Waals surface area contributed by atoms with E-state index in [2.05, 4.69) is 140 Å².